The summed E-state index contributed by atoms with van der Waals surface area (Å²) in [5.74, 6) is 0.00583. The molecule has 1 atom stereocenters. The van der Waals surface area contributed by atoms with E-state index in [1.54, 1.807) is 12.1 Å². The number of aliphatic hydroxyl groups excluding tert-OH is 1. The average molecular weight is 182 g/mol. The maximum absolute atomic E-state index is 13.1. The maximum atomic E-state index is 13.1. The van der Waals surface area contributed by atoms with E-state index in [1.807, 2.05) is 13.0 Å². The molecule has 0 heterocycles. The van der Waals surface area contributed by atoms with Crippen LogP contribution in [0.3, 0.4) is 0 Å². The van der Waals surface area contributed by atoms with E-state index in [9.17, 15) is 4.39 Å². The number of halogens is 1. The largest absolute Gasteiger partial charge is 0.396 e. The molecular weight excluding hydrogens is 167 g/mol. The Morgan fingerprint density at radius 1 is 1.38 bits per heavy atom. The third-order valence-corrected chi connectivity index (χ3v) is 2.30. The lowest BCUT2D eigenvalue weighted by molar-refractivity contribution is 0.221. The molecular formula is C11H15FO. The van der Waals surface area contributed by atoms with Gasteiger partial charge in [0, 0.05) is 6.61 Å². The Balaban J connectivity index is 2.67. The zero-order valence-electron chi connectivity index (χ0n) is 7.83. The number of aliphatic hydroxyl groups is 1. The van der Waals surface area contributed by atoms with Crippen LogP contribution in [0.15, 0.2) is 24.3 Å². The zero-order chi connectivity index (χ0) is 9.68. The summed E-state index contributed by atoms with van der Waals surface area (Å²) in [5, 5.41) is 8.96. The summed E-state index contributed by atoms with van der Waals surface area (Å²) >= 11 is 0. The molecule has 2 heteroatoms. The molecule has 0 aliphatic heterocycles. The lowest BCUT2D eigenvalue weighted by atomic mass is 9.97. The summed E-state index contributed by atoms with van der Waals surface area (Å²) in [4.78, 5) is 0. The summed E-state index contributed by atoms with van der Waals surface area (Å²) in [6, 6.07) is 6.73. The monoisotopic (exact) mass is 182 g/mol. The molecule has 13 heavy (non-hydrogen) atoms. The van der Waals surface area contributed by atoms with Crippen molar-refractivity contribution in [2.45, 2.75) is 19.8 Å². The molecule has 1 aromatic carbocycles. The fourth-order valence-corrected chi connectivity index (χ4v) is 1.31. The zero-order valence-corrected chi connectivity index (χ0v) is 7.83. The van der Waals surface area contributed by atoms with E-state index in [0.717, 1.165) is 6.42 Å². The van der Waals surface area contributed by atoms with Gasteiger partial charge in [-0.2, -0.15) is 0 Å². The number of hydrogen-bond donors (Lipinski definition) is 1. The van der Waals surface area contributed by atoms with Crippen LogP contribution >= 0.6 is 0 Å². The molecule has 0 aliphatic rings. The molecule has 0 bridgehead atoms. The van der Waals surface area contributed by atoms with Gasteiger partial charge in [-0.1, -0.05) is 31.5 Å². The number of benzene rings is 1. The molecule has 0 saturated carbocycles. The van der Waals surface area contributed by atoms with Crippen LogP contribution in [0.2, 0.25) is 0 Å². The summed E-state index contributed by atoms with van der Waals surface area (Å²) in [6.07, 6.45) is 1.50. The Labute approximate surface area is 78.2 Å². The summed E-state index contributed by atoms with van der Waals surface area (Å²) in [7, 11) is 0. The quantitative estimate of drug-likeness (QED) is 0.758. The van der Waals surface area contributed by atoms with Gasteiger partial charge in [-0.15, -0.1) is 0 Å². The highest BCUT2D eigenvalue weighted by atomic mass is 19.1. The van der Waals surface area contributed by atoms with Crippen LogP contribution < -0.4 is 0 Å². The molecule has 0 radical (unpaired) electrons. The first kappa shape index (κ1) is 10.2. The van der Waals surface area contributed by atoms with Gasteiger partial charge in [-0.05, 0) is 24.0 Å². The molecule has 1 rings (SSSR count). The highest BCUT2D eigenvalue weighted by Gasteiger charge is 2.08. The predicted octanol–water partition coefficient (Wildman–Crippen LogP) is 2.39. The molecule has 72 valence electrons. The van der Waals surface area contributed by atoms with Gasteiger partial charge in [0.1, 0.15) is 5.82 Å². The third-order valence-electron chi connectivity index (χ3n) is 2.30. The minimum atomic E-state index is -0.172. The second kappa shape index (κ2) is 4.97. The third kappa shape index (κ3) is 2.81. The Morgan fingerprint density at radius 2 is 2.08 bits per heavy atom. The Bertz CT molecular complexity index is 256. The van der Waals surface area contributed by atoms with Crippen molar-refractivity contribution in [3.8, 4) is 0 Å². The van der Waals surface area contributed by atoms with Crippen molar-refractivity contribution in [3.63, 3.8) is 0 Å². The SMILES string of the molecule is CCC(CO)Cc1ccccc1F. The molecule has 1 N–H and O–H groups in total. The van der Waals surface area contributed by atoms with Gasteiger partial charge >= 0.3 is 0 Å². The first-order valence-corrected chi connectivity index (χ1v) is 4.62. The maximum Gasteiger partial charge on any atom is 0.126 e. The van der Waals surface area contributed by atoms with Crippen molar-refractivity contribution in [2.24, 2.45) is 5.92 Å². The second-order valence-corrected chi connectivity index (χ2v) is 3.25. The highest BCUT2D eigenvalue weighted by molar-refractivity contribution is 5.17. The Morgan fingerprint density at radius 3 is 2.62 bits per heavy atom. The molecule has 0 fully saturated rings. The van der Waals surface area contributed by atoms with E-state index in [0.29, 0.717) is 12.0 Å². The van der Waals surface area contributed by atoms with Crippen molar-refractivity contribution in [3.05, 3.63) is 35.6 Å². The van der Waals surface area contributed by atoms with Gasteiger partial charge in [-0.25, -0.2) is 4.39 Å². The van der Waals surface area contributed by atoms with E-state index < -0.39 is 0 Å². The summed E-state index contributed by atoms with van der Waals surface area (Å²) in [5.41, 5.74) is 0.698. The van der Waals surface area contributed by atoms with Gasteiger partial charge in [-0.3, -0.25) is 0 Å². The average Bonchev–Trinajstić information content (AvgIpc) is 2.17. The lowest BCUT2D eigenvalue weighted by Gasteiger charge is -2.11. The fourth-order valence-electron chi connectivity index (χ4n) is 1.31. The molecule has 1 unspecified atom stereocenters. The highest BCUT2D eigenvalue weighted by Crippen LogP contribution is 2.14. The van der Waals surface area contributed by atoms with E-state index in [-0.39, 0.29) is 18.3 Å². The van der Waals surface area contributed by atoms with Crippen LogP contribution in [0.4, 0.5) is 4.39 Å². The second-order valence-electron chi connectivity index (χ2n) is 3.25. The molecule has 0 spiro atoms. The van der Waals surface area contributed by atoms with Crippen LogP contribution in [0.5, 0.6) is 0 Å². The molecule has 0 aromatic heterocycles. The number of rotatable bonds is 4. The van der Waals surface area contributed by atoms with Crippen molar-refractivity contribution in [2.75, 3.05) is 6.61 Å². The van der Waals surface area contributed by atoms with Crippen molar-refractivity contribution in [1.29, 1.82) is 0 Å². The molecule has 0 aliphatic carbocycles. The van der Waals surface area contributed by atoms with E-state index >= 15 is 0 Å². The van der Waals surface area contributed by atoms with Crippen molar-refractivity contribution in [1.82, 2.24) is 0 Å². The van der Waals surface area contributed by atoms with Crippen LogP contribution in [-0.4, -0.2) is 11.7 Å². The van der Waals surface area contributed by atoms with E-state index in [1.165, 1.54) is 6.07 Å². The molecule has 1 nitrogen and oxygen atoms in total. The van der Waals surface area contributed by atoms with Crippen molar-refractivity contribution < 1.29 is 9.50 Å². The molecule has 1 aromatic rings. The van der Waals surface area contributed by atoms with Gasteiger partial charge in [0.2, 0.25) is 0 Å². The van der Waals surface area contributed by atoms with Crippen LogP contribution in [0.25, 0.3) is 0 Å². The fraction of sp³-hybridized carbons (Fsp3) is 0.455. The van der Waals surface area contributed by atoms with Crippen LogP contribution in [0, 0.1) is 11.7 Å². The molecule has 0 saturated heterocycles. The van der Waals surface area contributed by atoms with Gasteiger partial charge in [0.25, 0.3) is 0 Å². The lowest BCUT2D eigenvalue weighted by Crippen LogP contribution is -2.09. The first-order chi connectivity index (χ1) is 6.27. The van der Waals surface area contributed by atoms with Crippen molar-refractivity contribution >= 4 is 0 Å². The standard InChI is InChI=1S/C11H15FO/c1-2-9(8-13)7-10-5-3-4-6-11(10)12/h3-6,9,13H,2,7-8H2,1H3. The van der Waals surface area contributed by atoms with E-state index in [4.69, 9.17) is 5.11 Å². The normalized spacial score (nSPS) is 12.8. The summed E-state index contributed by atoms with van der Waals surface area (Å²) in [6.45, 7) is 2.13. The van der Waals surface area contributed by atoms with E-state index in [2.05, 4.69) is 0 Å². The number of hydrogen-bond acceptors (Lipinski definition) is 1. The minimum Gasteiger partial charge on any atom is -0.396 e. The van der Waals surface area contributed by atoms with Crippen LogP contribution in [-0.2, 0) is 6.42 Å². The smallest absolute Gasteiger partial charge is 0.126 e. The predicted molar refractivity (Wildman–Crippen MR) is 51.0 cm³/mol. The molecule has 0 amide bonds. The van der Waals surface area contributed by atoms with Gasteiger partial charge in [0.15, 0.2) is 0 Å². The first-order valence-electron chi connectivity index (χ1n) is 4.62. The minimum absolute atomic E-state index is 0.130. The Hall–Kier alpha value is -0.890. The van der Waals surface area contributed by atoms with Gasteiger partial charge in [0.05, 0.1) is 0 Å². The Kier molecular flexibility index (Phi) is 3.90. The van der Waals surface area contributed by atoms with Gasteiger partial charge < -0.3 is 5.11 Å². The topological polar surface area (TPSA) is 20.2 Å². The summed E-state index contributed by atoms with van der Waals surface area (Å²) < 4.78 is 13.1. The van der Waals surface area contributed by atoms with Crippen LogP contribution in [0.1, 0.15) is 18.9 Å².